The van der Waals surface area contributed by atoms with Crippen molar-refractivity contribution in [1.29, 1.82) is 0 Å². The minimum absolute atomic E-state index is 0.148. The Morgan fingerprint density at radius 2 is 0.658 bits per heavy atom. The molecule has 0 saturated heterocycles. The lowest BCUT2D eigenvalue weighted by Gasteiger charge is -2.24. The molecule has 1 amide bonds. The summed E-state index contributed by atoms with van der Waals surface area (Å²) in [6.45, 7) is 8.22. The average Bonchev–Trinajstić information content (AvgIpc) is 2.91. The van der Waals surface area contributed by atoms with Crippen LogP contribution in [0.15, 0.2) is 0 Å². The zero-order valence-electron chi connectivity index (χ0n) is 26.7. The topological polar surface area (TPSA) is 46.3 Å². The fourth-order valence-electron chi connectivity index (χ4n) is 5.61. The highest BCUT2D eigenvalue weighted by molar-refractivity contribution is 5.81. The second-order valence-electron chi connectivity index (χ2n) is 12.3. The molecular weight excluding hydrogens is 464 g/mol. The molecule has 0 rings (SSSR count). The maximum atomic E-state index is 12.6. The van der Waals surface area contributed by atoms with Gasteiger partial charge in [-0.3, -0.25) is 4.79 Å². The Labute approximate surface area is 240 Å². The zero-order chi connectivity index (χ0) is 27.9. The van der Waals surface area contributed by atoms with Crippen molar-refractivity contribution >= 4 is 5.91 Å². The molecule has 0 saturated carbocycles. The zero-order valence-corrected chi connectivity index (χ0v) is 26.7. The van der Waals surface area contributed by atoms with Gasteiger partial charge in [-0.15, -0.1) is 0 Å². The van der Waals surface area contributed by atoms with Crippen LogP contribution in [0.1, 0.15) is 201 Å². The predicted molar refractivity (Wildman–Crippen MR) is 171 cm³/mol. The summed E-state index contributed by atoms with van der Waals surface area (Å²) in [4.78, 5) is 14.6. The van der Waals surface area contributed by atoms with Crippen LogP contribution in [0.2, 0.25) is 0 Å². The summed E-state index contributed by atoms with van der Waals surface area (Å²) >= 11 is 0. The minimum atomic E-state index is -0.367. The van der Waals surface area contributed by atoms with Crippen LogP contribution in [0.3, 0.4) is 0 Å². The van der Waals surface area contributed by atoms with Gasteiger partial charge in [0.25, 0.3) is 0 Å². The Morgan fingerprint density at radius 3 is 0.868 bits per heavy atom. The summed E-state index contributed by atoms with van der Waals surface area (Å²) in [5.41, 5.74) is 5.95. The Hall–Kier alpha value is -0.570. The van der Waals surface area contributed by atoms with Crippen LogP contribution in [-0.2, 0) is 4.79 Å². The van der Waals surface area contributed by atoms with Crippen molar-refractivity contribution in [3.8, 4) is 0 Å². The van der Waals surface area contributed by atoms with Crippen LogP contribution < -0.4 is 5.73 Å². The molecule has 1 atom stereocenters. The van der Waals surface area contributed by atoms with E-state index in [-0.39, 0.29) is 11.9 Å². The molecule has 228 valence electrons. The first-order valence-corrected chi connectivity index (χ1v) is 17.7. The van der Waals surface area contributed by atoms with E-state index >= 15 is 0 Å². The molecule has 0 heterocycles. The van der Waals surface area contributed by atoms with Crippen molar-refractivity contribution in [2.24, 2.45) is 5.73 Å². The number of rotatable bonds is 31. The second-order valence-corrected chi connectivity index (χ2v) is 12.3. The standard InChI is InChI=1S/C35H72N2O/c1-4-6-8-10-12-14-16-18-20-22-24-26-28-30-32-37(35(38)34(3)36)33-31-29-27-25-23-21-19-17-15-13-11-9-7-5-2/h34H,4-33,36H2,1-3H3/t34-/m1/s1. The van der Waals surface area contributed by atoms with Crippen molar-refractivity contribution < 1.29 is 4.79 Å². The molecule has 0 aromatic rings. The van der Waals surface area contributed by atoms with Gasteiger partial charge in [-0.2, -0.15) is 0 Å². The Morgan fingerprint density at radius 1 is 0.447 bits per heavy atom. The first-order chi connectivity index (χ1) is 18.6. The first kappa shape index (κ1) is 37.4. The van der Waals surface area contributed by atoms with E-state index in [1.807, 2.05) is 6.92 Å². The Balaban J connectivity index is 3.63. The molecular formula is C35H72N2O. The molecule has 3 heteroatoms. The van der Waals surface area contributed by atoms with Crippen LogP contribution >= 0.6 is 0 Å². The summed E-state index contributed by atoms with van der Waals surface area (Å²) in [6, 6.07) is -0.367. The van der Waals surface area contributed by atoms with Gasteiger partial charge >= 0.3 is 0 Å². The normalized spacial score (nSPS) is 12.2. The van der Waals surface area contributed by atoms with E-state index in [9.17, 15) is 4.79 Å². The lowest BCUT2D eigenvalue weighted by Crippen LogP contribution is -2.43. The van der Waals surface area contributed by atoms with Gasteiger partial charge in [0.15, 0.2) is 0 Å². The molecule has 0 aliphatic heterocycles. The summed E-state index contributed by atoms with van der Waals surface area (Å²) < 4.78 is 0. The van der Waals surface area contributed by atoms with Gasteiger partial charge < -0.3 is 10.6 Å². The SMILES string of the molecule is CCCCCCCCCCCCCCCCN(CCCCCCCCCCCCCCCC)C(=O)[C@@H](C)N. The molecule has 38 heavy (non-hydrogen) atoms. The maximum absolute atomic E-state index is 12.6. The number of carbonyl (C=O) groups excluding carboxylic acids is 1. The van der Waals surface area contributed by atoms with Crippen molar-refractivity contribution in [3.63, 3.8) is 0 Å². The van der Waals surface area contributed by atoms with Crippen LogP contribution in [0, 0.1) is 0 Å². The monoisotopic (exact) mass is 537 g/mol. The van der Waals surface area contributed by atoms with Crippen molar-refractivity contribution in [3.05, 3.63) is 0 Å². The van der Waals surface area contributed by atoms with Gasteiger partial charge in [-0.1, -0.05) is 181 Å². The fraction of sp³-hybridized carbons (Fsp3) is 0.971. The molecule has 3 nitrogen and oxygen atoms in total. The van der Waals surface area contributed by atoms with E-state index in [0.717, 1.165) is 25.9 Å². The van der Waals surface area contributed by atoms with E-state index in [1.165, 1.54) is 167 Å². The number of hydrogen-bond donors (Lipinski definition) is 1. The molecule has 0 fully saturated rings. The van der Waals surface area contributed by atoms with Crippen LogP contribution in [0.25, 0.3) is 0 Å². The number of hydrogen-bond acceptors (Lipinski definition) is 2. The molecule has 0 unspecified atom stereocenters. The van der Waals surface area contributed by atoms with Crippen LogP contribution in [0.4, 0.5) is 0 Å². The highest BCUT2D eigenvalue weighted by Crippen LogP contribution is 2.15. The summed E-state index contributed by atoms with van der Waals surface area (Å²) in [7, 11) is 0. The van der Waals surface area contributed by atoms with Crippen LogP contribution in [0.5, 0.6) is 0 Å². The summed E-state index contributed by atoms with van der Waals surface area (Å²) in [6.07, 6.45) is 38.4. The van der Waals surface area contributed by atoms with Crippen molar-refractivity contribution in [2.75, 3.05) is 13.1 Å². The van der Waals surface area contributed by atoms with Crippen molar-refractivity contribution in [2.45, 2.75) is 207 Å². The number of nitrogens with zero attached hydrogens (tertiary/aromatic N) is 1. The molecule has 0 aliphatic rings. The Kier molecular flexibility index (Phi) is 30.5. The molecule has 0 bridgehead atoms. The average molecular weight is 537 g/mol. The number of unbranched alkanes of at least 4 members (excludes halogenated alkanes) is 26. The molecule has 0 aromatic heterocycles. The van der Waals surface area contributed by atoms with Crippen molar-refractivity contribution in [1.82, 2.24) is 4.90 Å². The van der Waals surface area contributed by atoms with Gasteiger partial charge in [0.2, 0.25) is 5.91 Å². The van der Waals surface area contributed by atoms with Gasteiger partial charge in [0, 0.05) is 13.1 Å². The molecule has 0 aromatic carbocycles. The molecule has 0 aliphatic carbocycles. The van der Waals surface area contributed by atoms with Gasteiger partial charge in [-0.25, -0.2) is 0 Å². The highest BCUT2D eigenvalue weighted by atomic mass is 16.2. The minimum Gasteiger partial charge on any atom is -0.341 e. The smallest absolute Gasteiger partial charge is 0.239 e. The maximum Gasteiger partial charge on any atom is 0.239 e. The third kappa shape index (κ3) is 27.0. The molecule has 0 radical (unpaired) electrons. The first-order valence-electron chi connectivity index (χ1n) is 17.7. The van der Waals surface area contributed by atoms with Gasteiger partial charge in [0.1, 0.15) is 0 Å². The third-order valence-electron chi connectivity index (χ3n) is 8.26. The predicted octanol–water partition coefficient (Wildman–Crippen LogP) is 11.1. The van der Waals surface area contributed by atoms with E-state index in [0.29, 0.717) is 0 Å². The third-order valence-corrected chi connectivity index (χ3v) is 8.26. The Bertz CT molecular complexity index is 433. The molecule has 0 spiro atoms. The quantitative estimate of drug-likeness (QED) is 0.0895. The van der Waals surface area contributed by atoms with Crippen LogP contribution in [-0.4, -0.2) is 29.9 Å². The summed E-state index contributed by atoms with van der Waals surface area (Å²) in [5, 5.41) is 0. The van der Waals surface area contributed by atoms with E-state index < -0.39 is 0 Å². The van der Waals surface area contributed by atoms with E-state index in [1.54, 1.807) is 0 Å². The van der Waals surface area contributed by atoms with E-state index in [4.69, 9.17) is 5.73 Å². The number of nitrogens with two attached hydrogens (primary N) is 1. The van der Waals surface area contributed by atoms with E-state index in [2.05, 4.69) is 18.7 Å². The second kappa shape index (κ2) is 31.0. The fourth-order valence-corrected chi connectivity index (χ4v) is 5.61. The number of amides is 1. The highest BCUT2D eigenvalue weighted by Gasteiger charge is 2.16. The largest absolute Gasteiger partial charge is 0.341 e. The van der Waals surface area contributed by atoms with Gasteiger partial charge in [-0.05, 0) is 19.8 Å². The summed E-state index contributed by atoms with van der Waals surface area (Å²) in [5.74, 6) is 0.148. The van der Waals surface area contributed by atoms with Gasteiger partial charge in [0.05, 0.1) is 6.04 Å². The lowest BCUT2D eigenvalue weighted by molar-refractivity contribution is -0.132. The lowest BCUT2D eigenvalue weighted by atomic mass is 10.0. The molecule has 2 N–H and O–H groups in total. The number of carbonyl (C=O) groups is 1.